The maximum atomic E-state index is 8.35. The third-order valence-electron chi connectivity index (χ3n) is 1.88. The molecule has 1 aliphatic rings. The lowest BCUT2D eigenvalue weighted by Crippen LogP contribution is -2.05. The Kier molecular flexibility index (Phi) is 2.57. The highest BCUT2D eigenvalue weighted by Crippen LogP contribution is 2.24. The van der Waals surface area contributed by atoms with E-state index in [2.05, 4.69) is 12.5 Å². The van der Waals surface area contributed by atoms with Crippen molar-refractivity contribution >= 4 is 0 Å². The highest BCUT2D eigenvalue weighted by Gasteiger charge is 2.11. The van der Waals surface area contributed by atoms with E-state index in [0.717, 1.165) is 6.42 Å². The van der Waals surface area contributed by atoms with E-state index < -0.39 is 0 Å². The molecule has 0 heterocycles. The minimum atomic E-state index is 0.615. The summed E-state index contributed by atoms with van der Waals surface area (Å²) in [5.74, 6) is 0.615. The summed E-state index contributed by atoms with van der Waals surface area (Å²) in [6, 6.07) is 2.21. The summed E-state index contributed by atoms with van der Waals surface area (Å²) in [7, 11) is 0. The zero-order valence-electron chi connectivity index (χ0n) is 5.64. The predicted molar refractivity (Wildman–Crippen MR) is 36.5 cm³/mol. The molecule has 0 bridgehead atoms. The van der Waals surface area contributed by atoms with Gasteiger partial charge in [-0.05, 0) is 25.2 Å². The van der Waals surface area contributed by atoms with Crippen molar-refractivity contribution < 1.29 is 0 Å². The molecule has 1 atom stereocenters. The molecule has 0 aliphatic heterocycles. The molecular formula is C8H12N. The lowest BCUT2D eigenvalue weighted by molar-refractivity contribution is 0.452. The van der Waals surface area contributed by atoms with Crippen LogP contribution in [0.25, 0.3) is 0 Å². The van der Waals surface area contributed by atoms with Crippen molar-refractivity contribution in [2.45, 2.75) is 32.1 Å². The summed E-state index contributed by atoms with van der Waals surface area (Å²) in [5.41, 5.74) is 0. The van der Waals surface area contributed by atoms with Gasteiger partial charge in [0, 0.05) is 6.42 Å². The SMILES string of the molecule is N#CCC1[CH]CCCC1. The average molecular weight is 122 g/mol. The Morgan fingerprint density at radius 3 is 3.00 bits per heavy atom. The van der Waals surface area contributed by atoms with E-state index >= 15 is 0 Å². The normalized spacial score (nSPS) is 21.2. The molecule has 9 heavy (non-hydrogen) atoms. The van der Waals surface area contributed by atoms with Crippen molar-refractivity contribution in [3.8, 4) is 6.07 Å². The van der Waals surface area contributed by atoms with E-state index in [4.69, 9.17) is 5.26 Å². The van der Waals surface area contributed by atoms with Crippen molar-refractivity contribution in [3.05, 3.63) is 6.42 Å². The van der Waals surface area contributed by atoms with Crippen LogP contribution in [0, 0.1) is 23.7 Å². The third-order valence-corrected chi connectivity index (χ3v) is 1.88. The quantitative estimate of drug-likeness (QED) is 0.523. The van der Waals surface area contributed by atoms with E-state index in [1.54, 1.807) is 0 Å². The summed E-state index contributed by atoms with van der Waals surface area (Å²) >= 11 is 0. The zero-order chi connectivity index (χ0) is 6.53. The van der Waals surface area contributed by atoms with Crippen molar-refractivity contribution in [1.29, 1.82) is 5.26 Å². The van der Waals surface area contributed by atoms with Crippen molar-refractivity contribution in [2.24, 2.45) is 5.92 Å². The Morgan fingerprint density at radius 1 is 1.56 bits per heavy atom. The first-order valence-corrected chi connectivity index (χ1v) is 3.64. The molecule has 0 aromatic rings. The summed E-state index contributed by atoms with van der Waals surface area (Å²) in [6.45, 7) is 0. The Morgan fingerprint density at radius 2 is 2.44 bits per heavy atom. The van der Waals surface area contributed by atoms with Gasteiger partial charge in [-0.2, -0.15) is 5.26 Å². The van der Waals surface area contributed by atoms with E-state index in [0.29, 0.717) is 5.92 Å². The third kappa shape index (κ3) is 2.05. The van der Waals surface area contributed by atoms with Gasteiger partial charge < -0.3 is 0 Å². The first-order valence-electron chi connectivity index (χ1n) is 3.64. The van der Waals surface area contributed by atoms with Crippen LogP contribution in [0.15, 0.2) is 0 Å². The van der Waals surface area contributed by atoms with Crippen LogP contribution in [0.2, 0.25) is 0 Å². The first-order chi connectivity index (χ1) is 4.43. The van der Waals surface area contributed by atoms with Crippen LogP contribution < -0.4 is 0 Å². The zero-order valence-corrected chi connectivity index (χ0v) is 5.64. The fourth-order valence-corrected chi connectivity index (χ4v) is 1.32. The van der Waals surface area contributed by atoms with Gasteiger partial charge in [0.25, 0.3) is 0 Å². The fourth-order valence-electron chi connectivity index (χ4n) is 1.32. The number of rotatable bonds is 1. The van der Waals surface area contributed by atoms with Gasteiger partial charge in [-0.25, -0.2) is 0 Å². The minimum absolute atomic E-state index is 0.615. The molecule has 1 nitrogen and oxygen atoms in total. The summed E-state index contributed by atoms with van der Waals surface area (Å²) in [5, 5.41) is 8.35. The minimum Gasteiger partial charge on any atom is -0.198 e. The van der Waals surface area contributed by atoms with Gasteiger partial charge in [-0.15, -0.1) is 0 Å². The van der Waals surface area contributed by atoms with Crippen LogP contribution in [0.5, 0.6) is 0 Å². The second kappa shape index (κ2) is 3.50. The Hall–Kier alpha value is -0.510. The number of hydrogen-bond donors (Lipinski definition) is 0. The van der Waals surface area contributed by atoms with Crippen molar-refractivity contribution in [3.63, 3.8) is 0 Å². The second-order valence-electron chi connectivity index (χ2n) is 2.64. The van der Waals surface area contributed by atoms with E-state index in [1.807, 2.05) is 0 Å². The number of hydrogen-bond acceptors (Lipinski definition) is 1. The van der Waals surface area contributed by atoms with Crippen LogP contribution in [0.1, 0.15) is 32.1 Å². The predicted octanol–water partition coefficient (Wildman–Crippen LogP) is 2.29. The van der Waals surface area contributed by atoms with Gasteiger partial charge >= 0.3 is 0 Å². The maximum absolute atomic E-state index is 8.35. The fraction of sp³-hybridized carbons (Fsp3) is 0.750. The molecule has 0 aromatic heterocycles. The summed E-state index contributed by atoms with van der Waals surface area (Å²) < 4.78 is 0. The number of nitrogens with zero attached hydrogens (tertiary/aromatic N) is 1. The molecule has 49 valence electrons. The highest BCUT2D eigenvalue weighted by molar-refractivity contribution is 4.87. The Labute approximate surface area is 56.7 Å². The van der Waals surface area contributed by atoms with E-state index in [9.17, 15) is 0 Å². The molecule has 0 aromatic carbocycles. The molecular weight excluding hydrogens is 110 g/mol. The van der Waals surface area contributed by atoms with Crippen LogP contribution in [-0.2, 0) is 0 Å². The van der Waals surface area contributed by atoms with Gasteiger partial charge in [0.2, 0.25) is 0 Å². The highest BCUT2D eigenvalue weighted by atomic mass is 14.3. The lowest BCUT2D eigenvalue weighted by Gasteiger charge is -2.17. The number of nitriles is 1. The van der Waals surface area contributed by atoms with E-state index in [-0.39, 0.29) is 0 Å². The molecule has 1 fully saturated rings. The van der Waals surface area contributed by atoms with Gasteiger partial charge in [0.1, 0.15) is 0 Å². The molecule has 1 unspecified atom stereocenters. The molecule has 1 aliphatic carbocycles. The molecule has 1 saturated carbocycles. The van der Waals surface area contributed by atoms with Crippen LogP contribution in [-0.4, -0.2) is 0 Å². The molecule has 0 amide bonds. The van der Waals surface area contributed by atoms with E-state index in [1.165, 1.54) is 25.7 Å². The monoisotopic (exact) mass is 122 g/mol. The largest absolute Gasteiger partial charge is 0.198 e. The van der Waals surface area contributed by atoms with Gasteiger partial charge in [-0.3, -0.25) is 0 Å². The van der Waals surface area contributed by atoms with Gasteiger partial charge in [-0.1, -0.05) is 12.8 Å². The van der Waals surface area contributed by atoms with Crippen LogP contribution >= 0.6 is 0 Å². The standard InChI is InChI=1S/C8H12N/c9-7-6-8-4-2-1-3-5-8/h4,8H,1-3,5-6H2. The molecule has 0 spiro atoms. The van der Waals surface area contributed by atoms with Crippen LogP contribution in [0.4, 0.5) is 0 Å². The summed E-state index contributed by atoms with van der Waals surface area (Å²) in [4.78, 5) is 0. The first kappa shape index (κ1) is 6.61. The second-order valence-corrected chi connectivity index (χ2v) is 2.64. The van der Waals surface area contributed by atoms with Crippen LogP contribution in [0.3, 0.4) is 0 Å². The lowest BCUT2D eigenvalue weighted by atomic mass is 9.87. The topological polar surface area (TPSA) is 23.8 Å². The van der Waals surface area contributed by atoms with Crippen molar-refractivity contribution in [1.82, 2.24) is 0 Å². The summed E-state index contributed by atoms with van der Waals surface area (Å²) in [6.07, 6.45) is 8.16. The van der Waals surface area contributed by atoms with Crippen molar-refractivity contribution in [2.75, 3.05) is 0 Å². The maximum Gasteiger partial charge on any atom is 0.0624 e. The molecule has 0 saturated heterocycles. The molecule has 1 heteroatoms. The Bertz CT molecular complexity index is 106. The molecule has 0 N–H and O–H groups in total. The van der Waals surface area contributed by atoms with Gasteiger partial charge in [0.05, 0.1) is 6.07 Å². The molecule has 1 radical (unpaired) electrons. The molecule has 1 rings (SSSR count). The Balaban J connectivity index is 2.17. The van der Waals surface area contributed by atoms with Gasteiger partial charge in [0.15, 0.2) is 0 Å². The average Bonchev–Trinajstić information content (AvgIpc) is 1.91. The smallest absolute Gasteiger partial charge is 0.0624 e.